The van der Waals surface area contributed by atoms with Gasteiger partial charge in [-0.3, -0.25) is 0 Å². The molecule has 2 heteroatoms. The molecule has 0 aliphatic heterocycles. The molecule has 0 aromatic heterocycles. The van der Waals surface area contributed by atoms with E-state index in [9.17, 15) is 5.26 Å². The maximum absolute atomic E-state index is 9.63. The predicted octanol–water partition coefficient (Wildman–Crippen LogP) is 5.69. The molecule has 0 heterocycles. The van der Waals surface area contributed by atoms with Crippen molar-refractivity contribution in [2.45, 2.75) is 20.0 Å². The van der Waals surface area contributed by atoms with Crippen molar-refractivity contribution in [1.29, 1.82) is 5.26 Å². The SMILES string of the molecule is CC(C)Oc1cccc(C(C#N)=Cc2cccc3ccccc23)c1. The Kier molecular flexibility index (Phi) is 4.63. The van der Waals surface area contributed by atoms with Crippen molar-refractivity contribution in [2.24, 2.45) is 0 Å². The average Bonchev–Trinajstić information content (AvgIpc) is 2.59. The Balaban J connectivity index is 2.05. The summed E-state index contributed by atoms with van der Waals surface area (Å²) in [4.78, 5) is 0. The molecule has 0 aliphatic rings. The number of allylic oxidation sites excluding steroid dienone is 1. The van der Waals surface area contributed by atoms with Gasteiger partial charge in [-0.1, -0.05) is 54.6 Å². The summed E-state index contributed by atoms with van der Waals surface area (Å²) in [5.41, 5.74) is 2.53. The minimum atomic E-state index is 0.104. The van der Waals surface area contributed by atoms with Crippen LogP contribution in [0.1, 0.15) is 25.0 Å². The second-order valence-electron chi connectivity index (χ2n) is 5.93. The van der Waals surface area contributed by atoms with Crippen LogP contribution in [0.3, 0.4) is 0 Å². The Hall–Kier alpha value is -3.05. The molecule has 3 rings (SSSR count). The molecule has 3 aromatic rings. The first-order valence-electron chi connectivity index (χ1n) is 8.04. The summed E-state index contributed by atoms with van der Waals surface area (Å²) in [6.45, 7) is 3.98. The number of rotatable bonds is 4. The Bertz CT molecular complexity index is 927. The topological polar surface area (TPSA) is 33.0 Å². The molecular weight excluding hydrogens is 294 g/mol. The molecule has 3 aromatic carbocycles. The van der Waals surface area contributed by atoms with Gasteiger partial charge in [-0.05, 0) is 54.0 Å². The molecule has 0 radical (unpaired) electrons. The fourth-order valence-corrected chi connectivity index (χ4v) is 2.72. The van der Waals surface area contributed by atoms with E-state index in [4.69, 9.17) is 4.74 Å². The van der Waals surface area contributed by atoms with E-state index in [1.54, 1.807) is 0 Å². The molecule has 2 nitrogen and oxygen atoms in total. The molecule has 118 valence electrons. The van der Waals surface area contributed by atoms with Crippen molar-refractivity contribution in [3.05, 3.63) is 77.9 Å². The molecule has 0 bridgehead atoms. The van der Waals surface area contributed by atoms with Crippen molar-refractivity contribution in [1.82, 2.24) is 0 Å². The van der Waals surface area contributed by atoms with Crippen molar-refractivity contribution in [3.8, 4) is 11.8 Å². The van der Waals surface area contributed by atoms with Crippen LogP contribution in [0.25, 0.3) is 22.4 Å². The molecular formula is C22H19NO. The van der Waals surface area contributed by atoms with Gasteiger partial charge < -0.3 is 4.74 Å². The summed E-state index contributed by atoms with van der Waals surface area (Å²) in [5.74, 6) is 0.779. The highest BCUT2D eigenvalue weighted by atomic mass is 16.5. The van der Waals surface area contributed by atoms with E-state index in [-0.39, 0.29) is 6.10 Å². The zero-order valence-electron chi connectivity index (χ0n) is 13.9. The highest BCUT2D eigenvalue weighted by Crippen LogP contribution is 2.26. The summed E-state index contributed by atoms with van der Waals surface area (Å²) < 4.78 is 5.73. The Labute approximate surface area is 142 Å². The summed E-state index contributed by atoms with van der Waals surface area (Å²) in [5, 5.41) is 11.9. The zero-order valence-corrected chi connectivity index (χ0v) is 13.9. The largest absolute Gasteiger partial charge is 0.491 e. The maximum atomic E-state index is 9.63. The highest BCUT2D eigenvalue weighted by Gasteiger charge is 2.06. The van der Waals surface area contributed by atoms with Crippen LogP contribution in [0.5, 0.6) is 5.75 Å². The fraction of sp³-hybridized carbons (Fsp3) is 0.136. The third-order valence-electron chi connectivity index (χ3n) is 3.76. The van der Waals surface area contributed by atoms with Crippen molar-refractivity contribution >= 4 is 22.4 Å². The van der Waals surface area contributed by atoms with Crippen LogP contribution in [-0.2, 0) is 0 Å². The van der Waals surface area contributed by atoms with E-state index < -0.39 is 0 Å². The molecule has 0 unspecified atom stereocenters. The third-order valence-corrected chi connectivity index (χ3v) is 3.76. The highest BCUT2D eigenvalue weighted by molar-refractivity contribution is 5.98. The molecule has 0 spiro atoms. The van der Waals surface area contributed by atoms with Crippen LogP contribution in [-0.4, -0.2) is 6.10 Å². The van der Waals surface area contributed by atoms with E-state index in [0.717, 1.165) is 22.3 Å². The monoisotopic (exact) mass is 313 g/mol. The van der Waals surface area contributed by atoms with Gasteiger partial charge in [-0.25, -0.2) is 0 Å². The number of hydrogen-bond acceptors (Lipinski definition) is 2. The molecule has 24 heavy (non-hydrogen) atoms. The van der Waals surface area contributed by atoms with Gasteiger partial charge in [0.25, 0.3) is 0 Å². The first kappa shape index (κ1) is 15.8. The van der Waals surface area contributed by atoms with Crippen molar-refractivity contribution in [3.63, 3.8) is 0 Å². The van der Waals surface area contributed by atoms with Gasteiger partial charge >= 0.3 is 0 Å². The van der Waals surface area contributed by atoms with Gasteiger partial charge in [0.05, 0.1) is 17.7 Å². The fourth-order valence-electron chi connectivity index (χ4n) is 2.72. The lowest BCUT2D eigenvalue weighted by atomic mass is 9.99. The lowest BCUT2D eigenvalue weighted by Crippen LogP contribution is -2.05. The molecule has 0 fully saturated rings. The zero-order chi connectivity index (χ0) is 16.9. The summed E-state index contributed by atoms with van der Waals surface area (Å²) >= 11 is 0. The normalized spacial score (nSPS) is 11.5. The summed E-state index contributed by atoms with van der Waals surface area (Å²) in [6.07, 6.45) is 2.05. The lowest BCUT2D eigenvalue weighted by molar-refractivity contribution is 0.242. The van der Waals surface area contributed by atoms with Crippen LogP contribution in [0, 0.1) is 11.3 Å². The van der Waals surface area contributed by atoms with E-state index in [0.29, 0.717) is 5.57 Å². The Morgan fingerprint density at radius 3 is 2.54 bits per heavy atom. The van der Waals surface area contributed by atoms with Gasteiger partial charge in [0.1, 0.15) is 5.75 Å². The average molecular weight is 313 g/mol. The predicted molar refractivity (Wildman–Crippen MR) is 99.6 cm³/mol. The standard InChI is InChI=1S/C22H19NO/c1-16(2)24-21-11-6-9-18(14-21)20(15-23)13-19-10-5-8-17-7-3-4-12-22(17)19/h3-14,16H,1-2H3. The minimum absolute atomic E-state index is 0.104. The quantitative estimate of drug-likeness (QED) is 0.458. The molecule has 0 N–H and O–H groups in total. The molecule has 0 atom stereocenters. The Morgan fingerprint density at radius 2 is 1.75 bits per heavy atom. The lowest BCUT2D eigenvalue weighted by Gasteiger charge is -2.10. The molecule has 0 aliphatic carbocycles. The number of benzene rings is 3. The van der Waals surface area contributed by atoms with Crippen LogP contribution < -0.4 is 4.74 Å². The number of ether oxygens (including phenoxy) is 1. The number of nitrogens with zero attached hydrogens (tertiary/aromatic N) is 1. The molecule has 0 amide bonds. The van der Waals surface area contributed by atoms with Crippen LogP contribution in [0.15, 0.2) is 66.7 Å². The van der Waals surface area contributed by atoms with E-state index >= 15 is 0 Å². The smallest absolute Gasteiger partial charge is 0.120 e. The number of nitriles is 1. The molecule has 0 saturated heterocycles. The number of hydrogen-bond donors (Lipinski definition) is 0. The third kappa shape index (κ3) is 3.47. The maximum Gasteiger partial charge on any atom is 0.120 e. The van der Waals surface area contributed by atoms with Gasteiger partial charge in [0.15, 0.2) is 0 Å². The minimum Gasteiger partial charge on any atom is -0.491 e. The van der Waals surface area contributed by atoms with Crippen molar-refractivity contribution in [2.75, 3.05) is 0 Å². The van der Waals surface area contributed by atoms with Crippen LogP contribution >= 0.6 is 0 Å². The molecule has 0 saturated carbocycles. The van der Waals surface area contributed by atoms with Crippen LogP contribution in [0.4, 0.5) is 0 Å². The summed E-state index contributed by atoms with van der Waals surface area (Å²) in [6, 6.07) is 24.3. The van der Waals surface area contributed by atoms with Gasteiger partial charge in [0, 0.05) is 0 Å². The first-order valence-corrected chi connectivity index (χ1v) is 8.04. The van der Waals surface area contributed by atoms with Gasteiger partial charge in [-0.2, -0.15) is 5.26 Å². The first-order chi connectivity index (χ1) is 11.7. The van der Waals surface area contributed by atoms with E-state index in [1.165, 1.54) is 5.39 Å². The van der Waals surface area contributed by atoms with Crippen molar-refractivity contribution < 1.29 is 4.74 Å². The van der Waals surface area contributed by atoms with E-state index in [1.807, 2.05) is 68.5 Å². The Morgan fingerprint density at radius 1 is 1.00 bits per heavy atom. The number of fused-ring (bicyclic) bond motifs is 1. The second-order valence-corrected chi connectivity index (χ2v) is 5.93. The summed E-state index contributed by atoms with van der Waals surface area (Å²) in [7, 11) is 0. The van der Waals surface area contributed by atoms with Gasteiger partial charge in [-0.15, -0.1) is 0 Å². The second kappa shape index (κ2) is 7.02. The van der Waals surface area contributed by atoms with Gasteiger partial charge in [0.2, 0.25) is 0 Å². The van der Waals surface area contributed by atoms with Crippen LogP contribution in [0.2, 0.25) is 0 Å². The van der Waals surface area contributed by atoms with E-state index in [2.05, 4.69) is 24.3 Å².